The van der Waals surface area contributed by atoms with E-state index in [1.54, 1.807) is 0 Å². The van der Waals surface area contributed by atoms with Crippen LogP contribution in [0.1, 0.15) is 43.5 Å². The summed E-state index contributed by atoms with van der Waals surface area (Å²) in [6.45, 7) is 3.17. The van der Waals surface area contributed by atoms with Crippen LogP contribution in [-0.4, -0.2) is 20.6 Å². The predicted octanol–water partition coefficient (Wildman–Crippen LogP) is 5.15. The maximum atomic E-state index is 6.17. The normalized spacial score (nSPS) is 18.2. The van der Waals surface area contributed by atoms with Crippen molar-refractivity contribution in [2.75, 3.05) is 6.26 Å². The molecule has 0 N–H and O–H groups in total. The number of nitrogens with zero attached hydrogens (tertiary/aromatic N) is 2. The molecule has 0 radical (unpaired) electrons. The molecule has 0 spiro atoms. The topological polar surface area (TPSA) is 17.8 Å². The van der Waals surface area contributed by atoms with Crippen molar-refractivity contribution in [2.45, 2.75) is 56.2 Å². The highest BCUT2D eigenvalue weighted by Gasteiger charge is 2.32. The van der Waals surface area contributed by atoms with Gasteiger partial charge in [-0.05, 0) is 37.7 Å². The molecule has 0 saturated heterocycles. The molecular formula is C17H23ClN2S. The fraction of sp³-hybridized carbons (Fsp3) is 0.588. The molecule has 0 bridgehead atoms. The van der Waals surface area contributed by atoms with E-state index in [0.717, 1.165) is 17.9 Å². The third-order valence-electron chi connectivity index (χ3n) is 4.82. The van der Waals surface area contributed by atoms with Crippen LogP contribution >= 0.6 is 23.4 Å². The molecule has 21 heavy (non-hydrogen) atoms. The largest absolute Gasteiger partial charge is 0.326 e. The van der Waals surface area contributed by atoms with Crippen molar-refractivity contribution >= 4 is 34.4 Å². The molecule has 3 rings (SSSR count). The number of aromatic nitrogens is 2. The van der Waals surface area contributed by atoms with Gasteiger partial charge in [0.15, 0.2) is 0 Å². The standard InChI is InChI=1S/C17H23ClN2S/c1-13-7-6-8-14-16(13)19-15(11-18)20(14)12-17(21-2)9-4-3-5-10-17/h6-8H,3-5,9-12H2,1-2H3. The number of benzene rings is 1. The molecule has 0 atom stereocenters. The minimum absolute atomic E-state index is 0.358. The van der Waals surface area contributed by atoms with Gasteiger partial charge in [-0.1, -0.05) is 31.4 Å². The highest BCUT2D eigenvalue weighted by molar-refractivity contribution is 8.00. The summed E-state index contributed by atoms with van der Waals surface area (Å²) in [6.07, 6.45) is 8.96. The van der Waals surface area contributed by atoms with E-state index < -0.39 is 0 Å². The average Bonchev–Trinajstić information content (AvgIpc) is 2.87. The summed E-state index contributed by atoms with van der Waals surface area (Å²) in [5.41, 5.74) is 3.59. The SMILES string of the molecule is CSC1(Cn2c(CCl)nc3c(C)cccc32)CCCCC1. The van der Waals surface area contributed by atoms with Gasteiger partial charge in [0.2, 0.25) is 0 Å². The van der Waals surface area contributed by atoms with Gasteiger partial charge in [-0.15, -0.1) is 11.6 Å². The van der Waals surface area contributed by atoms with Crippen LogP contribution in [-0.2, 0) is 12.4 Å². The number of rotatable bonds is 4. The first-order valence-electron chi connectivity index (χ1n) is 7.75. The number of hydrogen-bond donors (Lipinski definition) is 0. The van der Waals surface area contributed by atoms with Crippen molar-refractivity contribution in [2.24, 2.45) is 0 Å². The number of thioether (sulfide) groups is 1. The second-order valence-corrected chi connectivity index (χ2v) is 7.68. The Hall–Kier alpha value is -0.670. The number of aryl methyl sites for hydroxylation is 1. The average molecular weight is 323 g/mol. The summed E-state index contributed by atoms with van der Waals surface area (Å²) in [6, 6.07) is 6.44. The van der Waals surface area contributed by atoms with Crippen LogP contribution in [0.5, 0.6) is 0 Å². The first kappa shape index (κ1) is 15.2. The van der Waals surface area contributed by atoms with Gasteiger partial charge >= 0.3 is 0 Å². The molecule has 114 valence electrons. The van der Waals surface area contributed by atoms with Crippen LogP contribution in [0.3, 0.4) is 0 Å². The summed E-state index contributed by atoms with van der Waals surface area (Å²) in [5, 5.41) is 0. The van der Waals surface area contributed by atoms with Crippen LogP contribution in [0, 0.1) is 6.92 Å². The molecule has 1 fully saturated rings. The van der Waals surface area contributed by atoms with Crippen molar-refractivity contribution < 1.29 is 0 Å². The molecule has 0 aliphatic heterocycles. The van der Waals surface area contributed by atoms with E-state index in [2.05, 4.69) is 35.9 Å². The summed E-state index contributed by atoms with van der Waals surface area (Å²) in [7, 11) is 0. The minimum Gasteiger partial charge on any atom is -0.326 e. The van der Waals surface area contributed by atoms with Crippen LogP contribution in [0.15, 0.2) is 18.2 Å². The van der Waals surface area contributed by atoms with Gasteiger partial charge in [0, 0.05) is 11.3 Å². The van der Waals surface area contributed by atoms with Crippen LogP contribution in [0.25, 0.3) is 11.0 Å². The zero-order valence-corrected chi connectivity index (χ0v) is 14.4. The number of hydrogen-bond acceptors (Lipinski definition) is 2. The maximum absolute atomic E-state index is 6.17. The molecule has 1 aromatic heterocycles. The van der Waals surface area contributed by atoms with Crippen LogP contribution in [0.2, 0.25) is 0 Å². The first-order valence-corrected chi connectivity index (χ1v) is 9.51. The Kier molecular flexibility index (Phi) is 4.51. The van der Waals surface area contributed by atoms with E-state index in [1.807, 2.05) is 11.8 Å². The quantitative estimate of drug-likeness (QED) is 0.724. The third-order valence-corrected chi connectivity index (χ3v) is 6.47. The molecule has 1 saturated carbocycles. The van der Waals surface area contributed by atoms with E-state index >= 15 is 0 Å². The van der Waals surface area contributed by atoms with Crippen LogP contribution < -0.4 is 0 Å². The lowest BCUT2D eigenvalue weighted by molar-refractivity contribution is 0.359. The summed E-state index contributed by atoms with van der Waals surface area (Å²) in [5.74, 6) is 1.50. The summed E-state index contributed by atoms with van der Waals surface area (Å²) in [4.78, 5) is 4.78. The van der Waals surface area contributed by atoms with Gasteiger partial charge in [0.05, 0.1) is 16.9 Å². The van der Waals surface area contributed by atoms with Crippen molar-refractivity contribution in [1.29, 1.82) is 0 Å². The van der Waals surface area contributed by atoms with Gasteiger partial charge in [-0.25, -0.2) is 4.98 Å². The Labute approximate surface area is 136 Å². The predicted molar refractivity (Wildman–Crippen MR) is 93.4 cm³/mol. The Morgan fingerprint density at radius 3 is 2.71 bits per heavy atom. The lowest BCUT2D eigenvalue weighted by Crippen LogP contribution is -2.33. The zero-order valence-electron chi connectivity index (χ0n) is 12.9. The van der Waals surface area contributed by atoms with E-state index in [9.17, 15) is 0 Å². The number of imidazole rings is 1. The van der Waals surface area contributed by atoms with E-state index in [1.165, 1.54) is 43.2 Å². The van der Waals surface area contributed by atoms with Crippen molar-refractivity contribution in [3.63, 3.8) is 0 Å². The fourth-order valence-electron chi connectivity index (χ4n) is 3.52. The second kappa shape index (κ2) is 6.21. The van der Waals surface area contributed by atoms with Crippen molar-refractivity contribution in [3.8, 4) is 0 Å². The highest BCUT2D eigenvalue weighted by Crippen LogP contribution is 2.41. The number of halogens is 1. The monoisotopic (exact) mass is 322 g/mol. The molecule has 2 aromatic rings. The Bertz CT molecular complexity index is 629. The molecule has 1 aliphatic rings. The lowest BCUT2D eigenvalue weighted by Gasteiger charge is -2.36. The van der Waals surface area contributed by atoms with Gasteiger partial charge in [-0.2, -0.15) is 11.8 Å². The fourth-order valence-corrected chi connectivity index (χ4v) is 4.68. The Balaban J connectivity index is 2.04. The molecule has 2 nitrogen and oxygen atoms in total. The van der Waals surface area contributed by atoms with Crippen molar-refractivity contribution in [3.05, 3.63) is 29.6 Å². The van der Waals surface area contributed by atoms with Crippen molar-refractivity contribution in [1.82, 2.24) is 9.55 Å². The Morgan fingerprint density at radius 2 is 2.05 bits per heavy atom. The maximum Gasteiger partial charge on any atom is 0.124 e. The first-order chi connectivity index (χ1) is 10.2. The molecule has 1 aliphatic carbocycles. The molecule has 1 aromatic carbocycles. The zero-order chi connectivity index (χ0) is 14.9. The smallest absolute Gasteiger partial charge is 0.124 e. The number of fused-ring (bicyclic) bond motifs is 1. The molecule has 1 heterocycles. The number of alkyl halides is 1. The third kappa shape index (κ3) is 2.83. The van der Waals surface area contributed by atoms with Gasteiger partial charge in [0.1, 0.15) is 5.82 Å². The van der Waals surface area contributed by atoms with Crippen LogP contribution in [0.4, 0.5) is 0 Å². The van der Waals surface area contributed by atoms with Gasteiger partial charge in [0.25, 0.3) is 0 Å². The minimum atomic E-state index is 0.358. The van der Waals surface area contributed by atoms with E-state index in [4.69, 9.17) is 16.6 Å². The van der Waals surface area contributed by atoms with Gasteiger partial charge < -0.3 is 4.57 Å². The second-order valence-electron chi connectivity index (χ2n) is 6.14. The van der Waals surface area contributed by atoms with Gasteiger partial charge in [-0.3, -0.25) is 0 Å². The molecular weight excluding hydrogens is 300 g/mol. The molecule has 0 amide bonds. The number of para-hydroxylation sites is 1. The van der Waals surface area contributed by atoms with E-state index in [0.29, 0.717) is 10.6 Å². The lowest BCUT2D eigenvalue weighted by atomic mass is 9.88. The summed E-state index contributed by atoms with van der Waals surface area (Å²) < 4.78 is 2.73. The van der Waals surface area contributed by atoms with E-state index in [-0.39, 0.29) is 0 Å². The Morgan fingerprint density at radius 1 is 1.29 bits per heavy atom. The molecule has 4 heteroatoms. The summed E-state index contributed by atoms with van der Waals surface area (Å²) >= 11 is 8.20. The highest BCUT2D eigenvalue weighted by atomic mass is 35.5. The molecule has 0 unspecified atom stereocenters.